The molecule has 2 aliphatic carbocycles. The van der Waals surface area contributed by atoms with E-state index in [1.165, 1.54) is 15.7 Å². The second kappa shape index (κ2) is 3.22. The first kappa shape index (κ1) is 10.1. The van der Waals surface area contributed by atoms with E-state index in [2.05, 4.69) is 3.53 Å². The molecule has 1 heterocycles. The number of hydrogen-bond acceptors (Lipinski definition) is 5. The number of fused-ring (bicyclic) bond motifs is 2. The van der Waals surface area contributed by atoms with E-state index in [0.717, 1.165) is 6.42 Å². The molecule has 6 heteroatoms. The summed E-state index contributed by atoms with van der Waals surface area (Å²) in [5.74, 6) is 0.388. The van der Waals surface area contributed by atoms with Gasteiger partial charge in [0, 0.05) is 0 Å². The van der Waals surface area contributed by atoms with Crippen molar-refractivity contribution >= 4 is 0 Å². The van der Waals surface area contributed by atoms with Crippen LogP contribution in [0.2, 0.25) is 0 Å². The first-order valence-electron chi connectivity index (χ1n) is 5.18. The van der Waals surface area contributed by atoms with Gasteiger partial charge in [0.25, 0.3) is 0 Å². The maximum absolute atomic E-state index is 6.10. The van der Waals surface area contributed by atoms with Gasteiger partial charge in [-0.3, -0.25) is 0 Å². The van der Waals surface area contributed by atoms with Crippen LogP contribution in [0.3, 0.4) is 0 Å². The zero-order valence-electron chi connectivity index (χ0n) is 8.76. The first-order valence-corrected chi connectivity index (χ1v) is 7.78. The molecule has 16 heavy (non-hydrogen) atoms. The normalized spacial score (nSPS) is 33.5. The minimum atomic E-state index is 0.0817. The Balaban J connectivity index is 2.10. The average Bonchev–Trinajstić information content (AvgIpc) is 2.82. The van der Waals surface area contributed by atoms with Gasteiger partial charge in [0.15, 0.2) is 0 Å². The van der Waals surface area contributed by atoms with Gasteiger partial charge in [-0.25, -0.2) is 0 Å². The summed E-state index contributed by atoms with van der Waals surface area (Å²) in [5.41, 5.74) is 29.1. The van der Waals surface area contributed by atoms with Gasteiger partial charge in [-0.05, 0) is 0 Å². The predicted molar refractivity (Wildman–Crippen MR) is 57.4 cm³/mol. The zero-order chi connectivity index (χ0) is 11.4. The Bertz CT molecular complexity index is 462. The summed E-state index contributed by atoms with van der Waals surface area (Å²) in [4.78, 5) is 0. The van der Waals surface area contributed by atoms with Crippen LogP contribution in [0.25, 0.3) is 0 Å². The zero-order valence-corrected chi connectivity index (χ0v) is 10.9. The van der Waals surface area contributed by atoms with Gasteiger partial charge in [0.05, 0.1) is 0 Å². The van der Waals surface area contributed by atoms with Crippen molar-refractivity contribution in [2.24, 2.45) is 34.8 Å². The molecular formula is C10H15IN5-. The van der Waals surface area contributed by atoms with Crippen molar-refractivity contribution in [1.82, 2.24) is 3.53 Å². The van der Waals surface area contributed by atoms with Crippen LogP contribution in [0.1, 0.15) is 6.42 Å². The fourth-order valence-electron chi connectivity index (χ4n) is 2.69. The van der Waals surface area contributed by atoms with E-state index in [4.69, 9.17) is 22.9 Å². The Kier molecular flexibility index (Phi) is 2.04. The molecule has 2 atom stereocenters. The van der Waals surface area contributed by atoms with Crippen LogP contribution in [-0.2, 0) is 0 Å². The molecular weight excluding hydrogens is 317 g/mol. The second-order valence-electron chi connectivity index (χ2n) is 4.41. The molecule has 0 aromatic rings. The molecule has 3 rings (SSSR count). The van der Waals surface area contributed by atoms with Crippen LogP contribution in [0.4, 0.5) is 0 Å². The van der Waals surface area contributed by atoms with Crippen molar-refractivity contribution in [2.75, 3.05) is 4.43 Å². The quantitative estimate of drug-likeness (QED) is 0.175. The third kappa shape index (κ3) is 1.10. The van der Waals surface area contributed by atoms with Crippen LogP contribution < -0.4 is 47.9 Å². The van der Waals surface area contributed by atoms with Gasteiger partial charge in [-0.2, -0.15) is 0 Å². The standard InChI is InChI=1S/C10H15IN5/c12-6-4-1-3-2-11-16-10(3)5(4)7(13)9(15)8(6)14/h4-5,16H,1-2,12-15H2/q-1. The summed E-state index contributed by atoms with van der Waals surface area (Å²) >= 11 is 0.0817. The van der Waals surface area contributed by atoms with E-state index in [1.54, 1.807) is 0 Å². The fourth-order valence-corrected chi connectivity index (χ4v) is 5.19. The molecule has 0 aromatic heterocycles. The summed E-state index contributed by atoms with van der Waals surface area (Å²) in [7, 11) is 0. The molecule has 0 aromatic carbocycles. The molecule has 9 N–H and O–H groups in total. The Morgan fingerprint density at radius 2 is 1.75 bits per heavy atom. The van der Waals surface area contributed by atoms with Crippen LogP contribution in [-0.4, -0.2) is 4.43 Å². The van der Waals surface area contributed by atoms with Crippen molar-refractivity contribution < 1.29 is 21.5 Å². The van der Waals surface area contributed by atoms with Crippen molar-refractivity contribution in [2.45, 2.75) is 6.42 Å². The Hall–Kier alpha value is -1.05. The van der Waals surface area contributed by atoms with Gasteiger partial charge < -0.3 is 0 Å². The summed E-state index contributed by atoms with van der Waals surface area (Å²) < 4.78 is 4.70. The van der Waals surface area contributed by atoms with Gasteiger partial charge in [0.2, 0.25) is 0 Å². The number of hydrogen-bond donors (Lipinski definition) is 5. The molecule has 1 aliphatic heterocycles. The van der Waals surface area contributed by atoms with Crippen molar-refractivity contribution in [3.05, 3.63) is 34.1 Å². The van der Waals surface area contributed by atoms with E-state index in [9.17, 15) is 0 Å². The van der Waals surface area contributed by atoms with E-state index < -0.39 is 0 Å². The van der Waals surface area contributed by atoms with E-state index in [-0.39, 0.29) is 33.3 Å². The predicted octanol–water partition coefficient (Wildman–Crippen LogP) is -4.24. The Morgan fingerprint density at radius 1 is 1.06 bits per heavy atom. The molecule has 0 amide bonds. The summed E-state index contributed by atoms with van der Waals surface area (Å²) in [6.07, 6.45) is 0.993. The minimum absolute atomic E-state index is 0.0817. The number of rotatable bonds is 0. The van der Waals surface area contributed by atoms with Crippen molar-refractivity contribution in [1.29, 1.82) is 0 Å². The SMILES string of the molecule is NC1=C(N)C2CC3=C(N[I-]C3)C2C(N)=C1N. The first-order chi connectivity index (χ1) is 7.61. The number of alkyl halides is 1. The average molecular weight is 332 g/mol. The molecule has 0 bridgehead atoms. The molecule has 0 saturated carbocycles. The monoisotopic (exact) mass is 332 g/mol. The van der Waals surface area contributed by atoms with E-state index in [0.29, 0.717) is 22.8 Å². The van der Waals surface area contributed by atoms with E-state index in [1.807, 2.05) is 0 Å². The summed E-state index contributed by atoms with van der Waals surface area (Å²) in [6.45, 7) is 0. The Morgan fingerprint density at radius 3 is 2.50 bits per heavy atom. The molecule has 5 nitrogen and oxygen atoms in total. The van der Waals surface area contributed by atoms with Gasteiger partial charge in [-0.1, -0.05) is 0 Å². The molecule has 0 fully saturated rings. The molecule has 88 valence electrons. The van der Waals surface area contributed by atoms with Crippen molar-refractivity contribution in [3.8, 4) is 0 Å². The van der Waals surface area contributed by atoms with Gasteiger partial charge in [-0.15, -0.1) is 0 Å². The topological polar surface area (TPSA) is 116 Å². The molecule has 2 unspecified atom stereocenters. The summed E-state index contributed by atoms with van der Waals surface area (Å²) in [6, 6.07) is 0. The third-order valence-electron chi connectivity index (χ3n) is 3.60. The van der Waals surface area contributed by atoms with Crippen LogP contribution in [0, 0.1) is 11.8 Å². The van der Waals surface area contributed by atoms with Crippen LogP contribution >= 0.6 is 0 Å². The molecule has 0 saturated heterocycles. The number of nitrogens with two attached hydrogens (primary N) is 4. The van der Waals surface area contributed by atoms with Gasteiger partial charge in [0.1, 0.15) is 0 Å². The number of allylic oxidation sites excluding steroid dienone is 2. The van der Waals surface area contributed by atoms with E-state index >= 15 is 0 Å². The van der Waals surface area contributed by atoms with Crippen LogP contribution in [0.5, 0.6) is 0 Å². The third-order valence-corrected chi connectivity index (χ3v) is 5.87. The Labute approximate surface area is 105 Å². The maximum atomic E-state index is 6.10. The van der Waals surface area contributed by atoms with Crippen molar-refractivity contribution in [3.63, 3.8) is 0 Å². The number of nitrogens with one attached hydrogen (secondary N) is 1. The molecule has 0 spiro atoms. The van der Waals surface area contributed by atoms with Crippen LogP contribution in [0.15, 0.2) is 34.1 Å². The number of halogens is 1. The summed E-state index contributed by atoms with van der Waals surface area (Å²) in [5, 5.41) is 0. The fraction of sp³-hybridized carbons (Fsp3) is 0.400. The van der Waals surface area contributed by atoms with Gasteiger partial charge >= 0.3 is 105 Å². The molecule has 0 radical (unpaired) electrons. The molecule has 3 aliphatic rings. The second-order valence-corrected chi connectivity index (χ2v) is 6.47.